The summed E-state index contributed by atoms with van der Waals surface area (Å²) >= 11 is 0. The number of benzene rings is 4. The van der Waals surface area contributed by atoms with Crippen LogP contribution in [0.15, 0.2) is 114 Å². The zero-order valence-electron chi connectivity index (χ0n) is 18.6. The Morgan fingerprint density at radius 1 is 0.714 bits per heavy atom. The van der Waals surface area contributed by atoms with Crippen LogP contribution in [-0.4, -0.2) is 15.0 Å². The molecule has 0 fully saturated rings. The number of ether oxygens (including phenoxy) is 1. The number of aromatic amines is 1. The highest BCUT2D eigenvalue weighted by atomic mass is 16.5. The molecule has 2 N–H and O–H groups in total. The summed E-state index contributed by atoms with van der Waals surface area (Å²) in [6.45, 7) is 0. The predicted molar refractivity (Wildman–Crippen MR) is 139 cm³/mol. The molecule has 0 aliphatic heterocycles. The molecule has 0 aliphatic rings. The molecule has 2 heterocycles. The first-order chi connectivity index (χ1) is 17.2. The molecular formula is C29H20N4O2. The van der Waals surface area contributed by atoms with Gasteiger partial charge in [0.1, 0.15) is 11.5 Å². The van der Waals surface area contributed by atoms with Crippen molar-refractivity contribution >= 4 is 33.4 Å². The van der Waals surface area contributed by atoms with E-state index < -0.39 is 0 Å². The van der Waals surface area contributed by atoms with E-state index in [0.29, 0.717) is 22.7 Å². The molecule has 0 spiro atoms. The second-order valence-corrected chi connectivity index (χ2v) is 8.06. The van der Waals surface area contributed by atoms with Gasteiger partial charge in [0.05, 0.1) is 5.39 Å². The van der Waals surface area contributed by atoms with Crippen molar-refractivity contribution in [2.75, 3.05) is 5.32 Å². The van der Waals surface area contributed by atoms with E-state index in [-0.39, 0.29) is 5.56 Å². The Bertz CT molecular complexity index is 1710. The third-order valence-electron chi connectivity index (χ3n) is 5.78. The summed E-state index contributed by atoms with van der Waals surface area (Å²) < 4.78 is 5.83. The van der Waals surface area contributed by atoms with Crippen molar-refractivity contribution in [3.63, 3.8) is 0 Å². The smallest absolute Gasteiger partial charge is 0.262 e. The number of pyridine rings is 1. The number of para-hydroxylation sites is 1. The van der Waals surface area contributed by atoms with E-state index in [0.717, 1.165) is 33.3 Å². The van der Waals surface area contributed by atoms with E-state index >= 15 is 0 Å². The van der Waals surface area contributed by atoms with E-state index in [1.54, 1.807) is 6.20 Å². The number of nitrogens with one attached hydrogen (secondary N) is 2. The van der Waals surface area contributed by atoms with Crippen LogP contribution in [0.5, 0.6) is 11.5 Å². The molecule has 0 saturated carbocycles. The highest BCUT2D eigenvalue weighted by molar-refractivity contribution is 6.03. The Labute approximate surface area is 200 Å². The number of fused-ring (bicyclic) bond motifs is 2. The van der Waals surface area contributed by atoms with E-state index in [2.05, 4.69) is 38.5 Å². The number of aromatic nitrogens is 3. The SMILES string of the molecule is O=c1[nH]c(Nc2ccc(Oc3ccccc3)cc2)nc2nccc(-c3cccc4ccccc34)c12. The molecule has 0 bridgehead atoms. The van der Waals surface area contributed by atoms with Gasteiger partial charge in [0.2, 0.25) is 5.95 Å². The average Bonchev–Trinajstić information content (AvgIpc) is 2.90. The molecule has 6 heteroatoms. The van der Waals surface area contributed by atoms with Gasteiger partial charge < -0.3 is 10.1 Å². The van der Waals surface area contributed by atoms with E-state index in [9.17, 15) is 4.79 Å². The molecule has 6 rings (SSSR count). The largest absolute Gasteiger partial charge is 0.457 e. The minimum atomic E-state index is -0.252. The van der Waals surface area contributed by atoms with Gasteiger partial charge in [-0.1, -0.05) is 60.7 Å². The van der Waals surface area contributed by atoms with Crippen LogP contribution >= 0.6 is 0 Å². The molecular weight excluding hydrogens is 436 g/mol. The second kappa shape index (κ2) is 8.76. The number of nitrogens with zero attached hydrogens (tertiary/aromatic N) is 2. The number of hydrogen-bond donors (Lipinski definition) is 2. The van der Waals surface area contributed by atoms with E-state index in [4.69, 9.17) is 4.74 Å². The minimum Gasteiger partial charge on any atom is -0.457 e. The van der Waals surface area contributed by atoms with Crippen molar-refractivity contribution in [1.82, 2.24) is 15.0 Å². The lowest BCUT2D eigenvalue weighted by molar-refractivity contribution is 0.483. The van der Waals surface area contributed by atoms with Crippen LogP contribution in [0.1, 0.15) is 0 Å². The number of H-pyrrole nitrogens is 1. The third kappa shape index (κ3) is 4.09. The number of hydrogen-bond acceptors (Lipinski definition) is 5. The lowest BCUT2D eigenvalue weighted by atomic mass is 9.97. The predicted octanol–water partition coefficient (Wildman–Crippen LogP) is 6.67. The first-order valence-electron chi connectivity index (χ1n) is 11.2. The van der Waals surface area contributed by atoms with Gasteiger partial charge in [-0.25, -0.2) is 4.98 Å². The Balaban J connectivity index is 1.33. The molecule has 0 aliphatic carbocycles. The molecule has 2 aromatic heterocycles. The lowest BCUT2D eigenvalue weighted by Crippen LogP contribution is -2.13. The van der Waals surface area contributed by atoms with Crippen LogP contribution in [0.4, 0.5) is 11.6 Å². The van der Waals surface area contributed by atoms with Crippen LogP contribution in [0, 0.1) is 0 Å². The molecule has 35 heavy (non-hydrogen) atoms. The van der Waals surface area contributed by atoms with Crippen LogP contribution in [-0.2, 0) is 0 Å². The fraction of sp³-hybridized carbons (Fsp3) is 0. The van der Waals surface area contributed by atoms with E-state index in [1.165, 1.54) is 0 Å². The lowest BCUT2D eigenvalue weighted by Gasteiger charge is -2.11. The summed E-state index contributed by atoms with van der Waals surface area (Å²) in [6.07, 6.45) is 1.69. The first-order valence-corrected chi connectivity index (χ1v) is 11.2. The van der Waals surface area contributed by atoms with Gasteiger partial charge in [-0.3, -0.25) is 9.78 Å². The second-order valence-electron chi connectivity index (χ2n) is 8.06. The standard InChI is InChI=1S/C29H20N4O2/c34-28-26-25(24-12-6-8-19-7-4-5-11-23(19)24)17-18-30-27(26)32-29(33-28)31-20-13-15-22(16-14-20)35-21-9-2-1-3-10-21/h1-18H,(H2,30,31,32,33,34). The number of anilines is 2. The van der Waals surface area contributed by atoms with Crippen molar-refractivity contribution in [3.8, 4) is 22.6 Å². The highest BCUT2D eigenvalue weighted by Crippen LogP contribution is 2.31. The van der Waals surface area contributed by atoms with Gasteiger partial charge >= 0.3 is 0 Å². The Morgan fingerprint density at radius 3 is 2.31 bits per heavy atom. The van der Waals surface area contributed by atoms with Crippen LogP contribution in [0.3, 0.4) is 0 Å². The first kappa shape index (κ1) is 20.6. The molecule has 0 radical (unpaired) electrons. The van der Waals surface area contributed by atoms with Crippen molar-refractivity contribution < 1.29 is 4.74 Å². The Morgan fingerprint density at radius 2 is 1.46 bits per heavy atom. The van der Waals surface area contributed by atoms with Gasteiger partial charge in [-0.05, 0) is 58.8 Å². The van der Waals surface area contributed by atoms with Crippen molar-refractivity contribution in [3.05, 3.63) is 120 Å². The summed E-state index contributed by atoms with van der Waals surface area (Å²) in [7, 11) is 0. The van der Waals surface area contributed by atoms with Crippen LogP contribution in [0.25, 0.3) is 32.9 Å². The molecule has 6 aromatic rings. The minimum absolute atomic E-state index is 0.252. The molecule has 0 amide bonds. The van der Waals surface area contributed by atoms with Gasteiger partial charge in [0, 0.05) is 17.4 Å². The third-order valence-corrected chi connectivity index (χ3v) is 5.78. The molecule has 0 atom stereocenters. The average molecular weight is 457 g/mol. The van der Waals surface area contributed by atoms with Crippen molar-refractivity contribution in [1.29, 1.82) is 0 Å². The quantitative estimate of drug-likeness (QED) is 0.303. The summed E-state index contributed by atoms with van der Waals surface area (Å²) in [5, 5.41) is 5.79. The zero-order valence-corrected chi connectivity index (χ0v) is 18.6. The molecule has 4 aromatic carbocycles. The van der Waals surface area contributed by atoms with Gasteiger partial charge in [-0.2, -0.15) is 4.98 Å². The van der Waals surface area contributed by atoms with Crippen molar-refractivity contribution in [2.45, 2.75) is 0 Å². The van der Waals surface area contributed by atoms with Gasteiger partial charge in [0.15, 0.2) is 5.65 Å². The molecule has 0 unspecified atom stereocenters. The maximum atomic E-state index is 13.2. The fourth-order valence-electron chi connectivity index (χ4n) is 4.17. The Hall–Kier alpha value is -4.97. The highest BCUT2D eigenvalue weighted by Gasteiger charge is 2.13. The molecule has 0 saturated heterocycles. The summed E-state index contributed by atoms with van der Waals surface area (Å²) in [5.41, 5.74) is 2.66. The fourth-order valence-corrected chi connectivity index (χ4v) is 4.17. The van der Waals surface area contributed by atoms with Crippen LogP contribution < -0.4 is 15.6 Å². The normalized spacial score (nSPS) is 11.0. The van der Waals surface area contributed by atoms with Gasteiger partial charge in [-0.15, -0.1) is 0 Å². The molecule has 168 valence electrons. The summed E-state index contributed by atoms with van der Waals surface area (Å²) in [5.74, 6) is 1.80. The summed E-state index contributed by atoms with van der Waals surface area (Å²) in [6, 6.07) is 33.1. The van der Waals surface area contributed by atoms with Crippen LogP contribution in [0.2, 0.25) is 0 Å². The number of rotatable bonds is 5. The zero-order chi connectivity index (χ0) is 23.6. The maximum Gasteiger partial charge on any atom is 0.262 e. The van der Waals surface area contributed by atoms with Crippen molar-refractivity contribution in [2.24, 2.45) is 0 Å². The maximum absolute atomic E-state index is 13.2. The molecule has 6 nitrogen and oxygen atoms in total. The Kier molecular flexibility index (Phi) is 5.16. The van der Waals surface area contributed by atoms with E-state index in [1.807, 2.05) is 84.9 Å². The monoisotopic (exact) mass is 456 g/mol. The topological polar surface area (TPSA) is 79.9 Å². The summed E-state index contributed by atoms with van der Waals surface area (Å²) in [4.78, 5) is 25.0. The van der Waals surface area contributed by atoms with Gasteiger partial charge in [0.25, 0.3) is 5.56 Å².